The van der Waals surface area contributed by atoms with Crippen molar-refractivity contribution in [1.29, 1.82) is 0 Å². The number of nitrogens with zero attached hydrogens (tertiary/aromatic N) is 4. The molecule has 0 unspecified atom stereocenters. The number of rotatable bonds is 4. The van der Waals surface area contributed by atoms with Crippen LogP contribution in [0.15, 0.2) is 42.7 Å². The highest BCUT2D eigenvalue weighted by Gasteiger charge is 2.22. The van der Waals surface area contributed by atoms with Crippen molar-refractivity contribution in [1.82, 2.24) is 14.5 Å². The molecule has 1 fully saturated rings. The number of alkyl halides is 2. The molecule has 2 aromatic carbocycles. The number of anilines is 1. The molecule has 0 bridgehead atoms. The molecule has 33 heavy (non-hydrogen) atoms. The molecule has 0 atom stereocenters. The van der Waals surface area contributed by atoms with E-state index in [1.165, 1.54) is 19.5 Å². The molecule has 3 heterocycles. The highest BCUT2D eigenvalue weighted by atomic mass is 35.5. The molecule has 1 aliphatic rings. The summed E-state index contributed by atoms with van der Waals surface area (Å²) in [4.78, 5) is 23.2. The average Bonchev–Trinajstić information content (AvgIpc) is 3.27. The summed E-state index contributed by atoms with van der Waals surface area (Å²) < 4.78 is 39.4. The molecule has 0 radical (unpaired) electrons. The second-order valence-corrected chi connectivity index (χ2v) is 7.98. The number of halogens is 3. The number of benzene rings is 2. The topological polar surface area (TPSA) is 69.5 Å². The van der Waals surface area contributed by atoms with Gasteiger partial charge in [-0.1, -0.05) is 23.7 Å². The van der Waals surface area contributed by atoms with Gasteiger partial charge in [-0.25, -0.2) is 23.5 Å². The van der Waals surface area contributed by atoms with Gasteiger partial charge in [-0.15, -0.1) is 0 Å². The van der Waals surface area contributed by atoms with Crippen molar-refractivity contribution in [2.45, 2.75) is 6.43 Å². The number of methoxy groups -OCH3 is 1. The van der Waals surface area contributed by atoms with Crippen LogP contribution in [0.2, 0.25) is 5.02 Å². The molecule has 1 aliphatic heterocycles. The SMILES string of the molecule is COC(=O)c1cc(N2CCOCC2)cc2c1ncn2-c1cc(C(F)F)nc2c(Cl)cccc12. The minimum absolute atomic E-state index is 0.268. The predicted molar refractivity (Wildman–Crippen MR) is 121 cm³/mol. The van der Waals surface area contributed by atoms with Crippen molar-refractivity contribution in [3.8, 4) is 5.69 Å². The lowest BCUT2D eigenvalue weighted by atomic mass is 10.1. The maximum atomic E-state index is 13.7. The van der Waals surface area contributed by atoms with Gasteiger partial charge in [0.25, 0.3) is 6.43 Å². The number of morpholine rings is 1. The number of ether oxygens (including phenoxy) is 2. The number of imidazole rings is 1. The van der Waals surface area contributed by atoms with Gasteiger partial charge in [0.15, 0.2) is 0 Å². The van der Waals surface area contributed by atoms with Gasteiger partial charge in [0.2, 0.25) is 0 Å². The highest BCUT2D eigenvalue weighted by molar-refractivity contribution is 6.35. The molecule has 1 saturated heterocycles. The quantitative estimate of drug-likeness (QED) is 0.398. The van der Waals surface area contributed by atoms with Crippen molar-refractivity contribution in [2.24, 2.45) is 0 Å². The van der Waals surface area contributed by atoms with E-state index in [4.69, 9.17) is 21.1 Å². The molecule has 2 aromatic heterocycles. The molecule has 170 valence electrons. The first kappa shape index (κ1) is 21.5. The van der Waals surface area contributed by atoms with E-state index >= 15 is 0 Å². The van der Waals surface area contributed by atoms with E-state index < -0.39 is 18.1 Å². The summed E-state index contributed by atoms with van der Waals surface area (Å²) in [5, 5.41) is 0.854. The van der Waals surface area contributed by atoms with Gasteiger partial charge in [0, 0.05) is 24.2 Å². The first-order valence-electron chi connectivity index (χ1n) is 10.3. The Morgan fingerprint density at radius 2 is 1.97 bits per heavy atom. The van der Waals surface area contributed by atoms with Gasteiger partial charge in [-0.2, -0.15) is 0 Å². The number of para-hydroxylation sites is 1. The lowest BCUT2D eigenvalue weighted by Crippen LogP contribution is -2.36. The van der Waals surface area contributed by atoms with Gasteiger partial charge >= 0.3 is 5.97 Å². The number of carbonyl (C=O) groups is 1. The lowest BCUT2D eigenvalue weighted by Gasteiger charge is -2.29. The van der Waals surface area contributed by atoms with Crippen molar-refractivity contribution in [3.63, 3.8) is 0 Å². The normalized spacial score (nSPS) is 14.4. The minimum atomic E-state index is -2.78. The van der Waals surface area contributed by atoms with E-state index in [0.717, 1.165) is 5.69 Å². The molecule has 0 saturated carbocycles. The van der Waals surface area contributed by atoms with Crippen LogP contribution in [0.5, 0.6) is 0 Å². The zero-order valence-corrected chi connectivity index (χ0v) is 18.4. The van der Waals surface area contributed by atoms with Crippen molar-refractivity contribution >= 4 is 45.2 Å². The molecular formula is C23H19ClF2N4O3. The fourth-order valence-corrected chi connectivity index (χ4v) is 4.31. The zero-order chi connectivity index (χ0) is 23.1. The number of aromatic nitrogens is 3. The van der Waals surface area contributed by atoms with E-state index in [-0.39, 0.29) is 10.5 Å². The van der Waals surface area contributed by atoms with Crippen LogP contribution in [-0.2, 0) is 9.47 Å². The average molecular weight is 473 g/mol. The van der Waals surface area contributed by atoms with Crippen molar-refractivity contribution in [3.05, 3.63) is 59.0 Å². The standard InChI is InChI=1S/C23H19ClF2N4O3/c1-32-23(31)15-9-13(29-5-7-33-8-6-29)10-19-21(15)27-12-30(19)18-11-17(22(25)26)28-20-14(18)3-2-4-16(20)24/h2-4,9-12,22H,5-8H2,1H3. The lowest BCUT2D eigenvalue weighted by molar-refractivity contribution is 0.0602. The molecule has 0 aliphatic carbocycles. The first-order chi connectivity index (χ1) is 16.0. The summed E-state index contributed by atoms with van der Waals surface area (Å²) in [7, 11) is 1.31. The van der Waals surface area contributed by atoms with Crippen molar-refractivity contribution < 1.29 is 23.0 Å². The zero-order valence-electron chi connectivity index (χ0n) is 17.6. The van der Waals surface area contributed by atoms with E-state index in [1.807, 2.05) is 6.07 Å². The molecule has 0 N–H and O–H groups in total. The van der Waals surface area contributed by atoms with Crippen LogP contribution >= 0.6 is 11.6 Å². The predicted octanol–water partition coefficient (Wildman–Crippen LogP) is 4.79. The summed E-state index contributed by atoms with van der Waals surface area (Å²) in [6.07, 6.45) is -1.28. The molecular weight excluding hydrogens is 454 g/mol. The maximum Gasteiger partial charge on any atom is 0.340 e. The second kappa shape index (κ2) is 8.57. The Bertz CT molecular complexity index is 1370. The van der Waals surface area contributed by atoms with Gasteiger partial charge in [0.05, 0.1) is 47.6 Å². The van der Waals surface area contributed by atoms with Gasteiger partial charge in [-0.3, -0.25) is 4.57 Å². The third-order valence-electron chi connectivity index (χ3n) is 5.69. The van der Waals surface area contributed by atoms with E-state index in [9.17, 15) is 13.6 Å². The summed E-state index contributed by atoms with van der Waals surface area (Å²) in [5.41, 5.74) is 2.38. The molecule has 10 heteroatoms. The number of hydrogen-bond donors (Lipinski definition) is 0. The second-order valence-electron chi connectivity index (χ2n) is 7.57. The van der Waals surface area contributed by atoms with Gasteiger partial charge in [0.1, 0.15) is 17.5 Å². The molecule has 5 rings (SSSR count). The molecule has 7 nitrogen and oxygen atoms in total. The Kier molecular flexibility index (Phi) is 5.59. The Morgan fingerprint density at radius 3 is 2.70 bits per heavy atom. The Morgan fingerprint density at radius 1 is 1.18 bits per heavy atom. The monoisotopic (exact) mass is 472 g/mol. The minimum Gasteiger partial charge on any atom is -0.465 e. The largest absolute Gasteiger partial charge is 0.465 e. The number of fused-ring (bicyclic) bond motifs is 2. The number of hydrogen-bond acceptors (Lipinski definition) is 6. The maximum absolute atomic E-state index is 13.7. The van der Waals surface area contributed by atoms with Crippen LogP contribution < -0.4 is 4.90 Å². The van der Waals surface area contributed by atoms with Crippen LogP contribution in [0.4, 0.5) is 14.5 Å². The fourth-order valence-electron chi connectivity index (χ4n) is 4.09. The van der Waals surface area contributed by atoms with E-state index in [0.29, 0.717) is 54.0 Å². The van der Waals surface area contributed by atoms with Crippen molar-refractivity contribution in [2.75, 3.05) is 38.3 Å². The number of carbonyl (C=O) groups excluding carboxylic acids is 1. The highest BCUT2D eigenvalue weighted by Crippen LogP contribution is 2.34. The van der Waals surface area contributed by atoms with Gasteiger partial charge < -0.3 is 14.4 Å². The Balaban J connectivity index is 1.80. The van der Waals surface area contributed by atoms with Gasteiger partial charge in [-0.05, 0) is 24.3 Å². The summed E-state index contributed by atoms with van der Waals surface area (Å²) in [6.45, 7) is 2.44. The van der Waals surface area contributed by atoms with Crippen LogP contribution in [0.3, 0.4) is 0 Å². The number of esters is 1. The summed E-state index contributed by atoms with van der Waals surface area (Å²) in [5.74, 6) is -0.531. The van der Waals surface area contributed by atoms with E-state index in [2.05, 4.69) is 14.9 Å². The third kappa shape index (κ3) is 3.77. The summed E-state index contributed by atoms with van der Waals surface area (Å²) in [6, 6.07) is 10.0. The molecule has 4 aromatic rings. The Labute approximate surface area is 192 Å². The van der Waals surface area contributed by atoms with Crippen LogP contribution in [0, 0.1) is 0 Å². The van der Waals surface area contributed by atoms with Crippen LogP contribution in [0.25, 0.3) is 27.6 Å². The van der Waals surface area contributed by atoms with E-state index in [1.54, 1.807) is 28.8 Å². The first-order valence-corrected chi connectivity index (χ1v) is 10.7. The molecule has 0 amide bonds. The number of pyridine rings is 1. The summed E-state index contributed by atoms with van der Waals surface area (Å²) >= 11 is 6.29. The third-order valence-corrected chi connectivity index (χ3v) is 5.99. The molecule has 0 spiro atoms. The Hall–Kier alpha value is -3.30. The fraction of sp³-hybridized carbons (Fsp3) is 0.261. The van der Waals surface area contributed by atoms with Crippen LogP contribution in [-0.4, -0.2) is 53.9 Å². The van der Waals surface area contributed by atoms with Crippen LogP contribution in [0.1, 0.15) is 22.5 Å². The smallest absolute Gasteiger partial charge is 0.340 e.